The maximum Gasteiger partial charge on any atom is 0.259 e. The number of halogens is 2. The molecule has 0 atom stereocenters. The standard InChI is InChI=1S/C16H13ClFN3O3S2/c1-21(2)26(23,24)10-4-5-12(17)11(8-10)15(22)20-16-19-13-6-3-9(18)7-14(13)25-16/h3-8H,1-2H3,(H,19,20,22). The third-order valence-electron chi connectivity index (χ3n) is 3.53. The highest BCUT2D eigenvalue weighted by atomic mass is 35.5. The number of nitrogens with zero attached hydrogens (tertiary/aromatic N) is 2. The fourth-order valence-corrected chi connectivity index (χ4v) is 4.18. The van der Waals surface area contributed by atoms with E-state index in [9.17, 15) is 17.6 Å². The van der Waals surface area contributed by atoms with Crippen LogP contribution >= 0.6 is 22.9 Å². The second kappa shape index (κ2) is 6.92. The highest BCUT2D eigenvalue weighted by molar-refractivity contribution is 7.89. The molecule has 1 heterocycles. The van der Waals surface area contributed by atoms with Crippen LogP contribution in [-0.2, 0) is 10.0 Å². The molecular formula is C16H13ClFN3O3S2. The van der Waals surface area contributed by atoms with Crippen LogP contribution in [0.5, 0.6) is 0 Å². The van der Waals surface area contributed by atoms with E-state index in [1.807, 2.05) is 0 Å². The van der Waals surface area contributed by atoms with Crippen LogP contribution in [0.15, 0.2) is 41.3 Å². The molecule has 0 unspecified atom stereocenters. The summed E-state index contributed by atoms with van der Waals surface area (Å²) in [7, 11) is -0.922. The Labute approximate surface area is 158 Å². The van der Waals surface area contributed by atoms with Gasteiger partial charge >= 0.3 is 0 Å². The van der Waals surface area contributed by atoms with Crippen molar-refractivity contribution in [1.29, 1.82) is 0 Å². The molecule has 0 bridgehead atoms. The third-order valence-corrected chi connectivity index (χ3v) is 6.61. The Hall–Kier alpha value is -2.07. The number of hydrogen-bond acceptors (Lipinski definition) is 5. The van der Waals surface area contributed by atoms with Crippen LogP contribution in [0.3, 0.4) is 0 Å². The molecule has 3 rings (SSSR count). The Kier molecular flexibility index (Phi) is 4.98. The minimum Gasteiger partial charge on any atom is -0.298 e. The first-order valence-electron chi connectivity index (χ1n) is 7.28. The van der Waals surface area contributed by atoms with Crippen LogP contribution in [0.4, 0.5) is 9.52 Å². The fraction of sp³-hybridized carbons (Fsp3) is 0.125. The molecule has 6 nitrogen and oxygen atoms in total. The van der Waals surface area contributed by atoms with Gasteiger partial charge in [-0.3, -0.25) is 10.1 Å². The number of benzene rings is 2. The van der Waals surface area contributed by atoms with Crippen molar-refractivity contribution < 1.29 is 17.6 Å². The fourth-order valence-electron chi connectivity index (χ4n) is 2.17. The molecule has 0 aliphatic rings. The van der Waals surface area contributed by atoms with Crippen molar-refractivity contribution in [2.45, 2.75) is 4.90 Å². The summed E-state index contributed by atoms with van der Waals surface area (Å²) in [6, 6.07) is 7.99. The second-order valence-electron chi connectivity index (χ2n) is 5.51. The van der Waals surface area contributed by atoms with Crippen LogP contribution in [-0.4, -0.2) is 37.7 Å². The molecule has 0 spiro atoms. The summed E-state index contributed by atoms with van der Waals surface area (Å²) < 4.78 is 39.3. The van der Waals surface area contributed by atoms with Crippen molar-refractivity contribution in [1.82, 2.24) is 9.29 Å². The van der Waals surface area contributed by atoms with E-state index in [0.717, 1.165) is 15.6 Å². The van der Waals surface area contributed by atoms with Crippen LogP contribution in [0.2, 0.25) is 5.02 Å². The van der Waals surface area contributed by atoms with E-state index in [1.54, 1.807) is 0 Å². The Morgan fingerprint density at radius 2 is 1.96 bits per heavy atom. The van der Waals surface area contributed by atoms with Gasteiger partial charge in [0.15, 0.2) is 5.13 Å². The summed E-state index contributed by atoms with van der Waals surface area (Å²) in [4.78, 5) is 16.7. The molecule has 1 N–H and O–H groups in total. The van der Waals surface area contributed by atoms with E-state index in [1.165, 1.54) is 50.5 Å². The van der Waals surface area contributed by atoms with Crippen LogP contribution < -0.4 is 5.32 Å². The van der Waals surface area contributed by atoms with Gasteiger partial charge in [-0.1, -0.05) is 22.9 Å². The number of rotatable bonds is 4. The van der Waals surface area contributed by atoms with Crippen molar-refractivity contribution in [2.75, 3.05) is 19.4 Å². The van der Waals surface area contributed by atoms with E-state index in [-0.39, 0.29) is 20.6 Å². The zero-order valence-corrected chi connectivity index (χ0v) is 16.0. The van der Waals surface area contributed by atoms with Gasteiger partial charge in [0.1, 0.15) is 5.82 Å². The molecule has 1 aromatic heterocycles. The van der Waals surface area contributed by atoms with E-state index in [2.05, 4.69) is 10.3 Å². The lowest BCUT2D eigenvalue weighted by Gasteiger charge is -2.13. The van der Waals surface area contributed by atoms with Gasteiger partial charge in [-0.25, -0.2) is 22.1 Å². The zero-order chi connectivity index (χ0) is 19.1. The summed E-state index contributed by atoms with van der Waals surface area (Å²) >= 11 is 7.15. The van der Waals surface area contributed by atoms with Crippen molar-refractivity contribution in [3.63, 3.8) is 0 Å². The summed E-state index contributed by atoms with van der Waals surface area (Å²) in [5, 5.41) is 2.93. The molecule has 2 aromatic carbocycles. The molecular weight excluding hydrogens is 401 g/mol. The SMILES string of the molecule is CN(C)S(=O)(=O)c1ccc(Cl)c(C(=O)Nc2nc3ccc(F)cc3s2)c1. The number of anilines is 1. The number of sulfonamides is 1. The Morgan fingerprint density at radius 3 is 2.65 bits per heavy atom. The molecule has 3 aromatic rings. The van der Waals surface area contributed by atoms with Gasteiger partial charge < -0.3 is 0 Å². The lowest BCUT2D eigenvalue weighted by Crippen LogP contribution is -2.23. The maximum atomic E-state index is 13.3. The first-order valence-corrected chi connectivity index (χ1v) is 9.91. The van der Waals surface area contributed by atoms with Gasteiger partial charge in [0.25, 0.3) is 5.91 Å². The van der Waals surface area contributed by atoms with E-state index in [0.29, 0.717) is 10.2 Å². The smallest absolute Gasteiger partial charge is 0.259 e. The second-order valence-corrected chi connectivity index (χ2v) is 9.10. The summed E-state index contributed by atoms with van der Waals surface area (Å²) in [5.74, 6) is -1.01. The number of amides is 1. The topological polar surface area (TPSA) is 79.4 Å². The molecule has 136 valence electrons. The highest BCUT2D eigenvalue weighted by Gasteiger charge is 2.21. The molecule has 0 radical (unpaired) electrons. The predicted molar refractivity (Wildman–Crippen MR) is 99.9 cm³/mol. The van der Waals surface area contributed by atoms with Crippen molar-refractivity contribution in [2.24, 2.45) is 0 Å². The average molecular weight is 414 g/mol. The number of aromatic nitrogens is 1. The average Bonchev–Trinajstić information content (AvgIpc) is 2.95. The lowest BCUT2D eigenvalue weighted by atomic mass is 10.2. The molecule has 0 aliphatic heterocycles. The Balaban J connectivity index is 1.94. The molecule has 26 heavy (non-hydrogen) atoms. The quantitative estimate of drug-likeness (QED) is 0.708. The summed E-state index contributed by atoms with van der Waals surface area (Å²) in [5.41, 5.74) is 0.543. The molecule has 0 aliphatic carbocycles. The number of carbonyl (C=O) groups is 1. The first-order chi connectivity index (χ1) is 12.2. The zero-order valence-electron chi connectivity index (χ0n) is 13.7. The molecule has 0 saturated carbocycles. The van der Waals surface area contributed by atoms with Crippen molar-refractivity contribution in [3.8, 4) is 0 Å². The molecule has 0 saturated heterocycles. The highest BCUT2D eigenvalue weighted by Crippen LogP contribution is 2.28. The Morgan fingerprint density at radius 1 is 1.23 bits per heavy atom. The molecule has 10 heteroatoms. The van der Waals surface area contributed by atoms with Gasteiger partial charge in [-0.05, 0) is 36.4 Å². The van der Waals surface area contributed by atoms with Gasteiger partial charge in [0.05, 0.1) is 25.7 Å². The minimum atomic E-state index is -3.71. The summed E-state index contributed by atoms with van der Waals surface area (Å²) in [6.07, 6.45) is 0. The van der Waals surface area contributed by atoms with Gasteiger partial charge in [0.2, 0.25) is 10.0 Å². The first kappa shape index (κ1) is 18.7. The monoisotopic (exact) mass is 413 g/mol. The van der Waals surface area contributed by atoms with Crippen molar-refractivity contribution in [3.05, 3.63) is 52.8 Å². The number of nitrogens with one attached hydrogen (secondary N) is 1. The molecule has 1 amide bonds. The largest absolute Gasteiger partial charge is 0.298 e. The van der Waals surface area contributed by atoms with Crippen LogP contribution in [0.1, 0.15) is 10.4 Å². The minimum absolute atomic E-state index is 0.0000262. The van der Waals surface area contributed by atoms with Gasteiger partial charge in [-0.2, -0.15) is 0 Å². The number of thiazole rings is 1. The normalized spacial score (nSPS) is 11.9. The lowest BCUT2D eigenvalue weighted by molar-refractivity contribution is 0.102. The maximum absolute atomic E-state index is 13.3. The summed E-state index contributed by atoms with van der Waals surface area (Å²) in [6.45, 7) is 0. The third kappa shape index (κ3) is 3.56. The Bertz CT molecular complexity index is 1110. The van der Waals surface area contributed by atoms with Gasteiger partial charge in [0, 0.05) is 14.1 Å². The van der Waals surface area contributed by atoms with E-state index < -0.39 is 21.7 Å². The molecule has 0 fully saturated rings. The number of hydrogen-bond donors (Lipinski definition) is 1. The van der Waals surface area contributed by atoms with E-state index >= 15 is 0 Å². The number of carbonyl (C=O) groups excluding carboxylic acids is 1. The van der Waals surface area contributed by atoms with Crippen LogP contribution in [0.25, 0.3) is 10.2 Å². The van der Waals surface area contributed by atoms with E-state index in [4.69, 9.17) is 11.6 Å². The van der Waals surface area contributed by atoms with Crippen LogP contribution in [0, 0.1) is 5.82 Å². The van der Waals surface area contributed by atoms with Gasteiger partial charge in [-0.15, -0.1) is 0 Å². The van der Waals surface area contributed by atoms with Crippen molar-refractivity contribution >= 4 is 54.2 Å². The number of fused-ring (bicyclic) bond motifs is 1. The predicted octanol–water partition coefficient (Wildman–Crippen LogP) is 3.59.